The molecule has 0 aliphatic carbocycles. The highest BCUT2D eigenvalue weighted by molar-refractivity contribution is 5.88. The molecule has 0 saturated carbocycles. The molecule has 3 heterocycles. The van der Waals surface area contributed by atoms with Crippen molar-refractivity contribution in [3.8, 4) is 0 Å². The van der Waals surface area contributed by atoms with Crippen molar-refractivity contribution in [3.05, 3.63) is 59.8 Å². The molecule has 2 amide bonds. The van der Waals surface area contributed by atoms with Gasteiger partial charge in [0.25, 0.3) is 0 Å². The first-order valence-electron chi connectivity index (χ1n) is 8.10. The number of H-pyrrole nitrogens is 1. The van der Waals surface area contributed by atoms with Gasteiger partial charge >= 0.3 is 6.03 Å². The van der Waals surface area contributed by atoms with Gasteiger partial charge in [-0.2, -0.15) is 10.2 Å². The second-order valence-corrected chi connectivity index (χ2v) is 5.94. The van der Waals surface area contributed by atoms with Gasteiger partial charge in [-0.15, -0.1) is 0 Å². The molecule has 8 nitrogen and oxygen atoms in total. The second-order valence-electron chi connectivity index (χ2n) is 5.94. The monoisotopic (exact) mass is 339 g/mol. The number of aromatic nitrogens is 5. The summed E-state index contributed by atoms with van der Waals surface area (Å²) in [6.07, 6.45) is 4.04. The van der Waals surface area contributed by atoms with Crippen molar-refractivity contribution >= 4 is 11.8 Å². The van der Waals surface area contributed by atoms with Gasteiger partial charge in [0, 0.05) is 30.4 Å². The van der Waals surface area contributed by atoms with E-state index in [9.17, 15) is 4.79 Å². The molecule has 3 aromatic rings. The van der Waals surface area contributed by atoms with E-state index in [1.54, 1.807) is 23.1 Å². The summed E-state index contributed by atoms with van der Waals surface area (Å²) in [4.78, 5) is 16.5. The Labute approximate surface area is 145 Å². The topological polar surface area (TPSA) is 101 Å². The molecule has 1 atom stereocenters. The van der Waals surface area contributed by atoms with Crippen molar-refractivity contribution in [1.82, 2.24) is 30.3 Å². The third-order valence-corrected chi connectivity index (χ3v) is 3.65. The van der Waals surface area contributed by atoms with Gasteiger partial charge in [0.1, 0.15) is 5.82 Å². The molecule has 0 spiro atoms. The number of carbonyl (C=O) groups excluding carboxylic acids is 1. The summed E-state index contributed by atoms with van der Waals surface area (Å²) < 4.78 is 1.70. The summed E-state index contributed by atoms with van der Waals surface area (Å²) in [5.41, 5.74) is 2.80. The zero-order valence-corrected chi connectivity index (χ0v) is 14.2. The number of urea groups is 1. The van der Waals surface area contributed by atoms with E-state index >= 15 is 0 Å². The molecule has 0 radical (unpaired) electrons. The maximum Gasteiger partial charge on any atom is 0.320 e. The Balaban J connectivity index is 1.55. The Morgan fingerprint density at radius 3 is 2.88 bits per heavy atom. The lowest BCUT2D eigenvalue weighted by atomic mass is 10.2. The maximum absolute atomic E-state index is 12.2. The summed E-state index contributed by atoms with van der Waals surface area (Å²) in [5.74, 6) is 0.617. The molecular weight excluding hydrogens is 318 g/mol. The lowest BCUT2D eigenvalue weighted by Crippen LogP contribution is -2.37. The first kappa shape index (κ1) is 16.7. The summed E-state index contributed by atoms with van der Waals surface area (Å²) in [6, 6.07) is 9.10. The zero-order chi connectivity index (χ0) is 17.6. The van der Waals surface area contributed by atoms with Crippen LogP contribution in [0.5, 0.6) is 0 Å². The smallest absolute Gasteiger partial charge is 0.320 e. The minimum atomic E-state index is -0.275. The number of rotatable bonds is 6. The van der Waals surface area contributed by atoms with E-state index < -0.39 is 0 Å². The predicted octanol–water partition coefficient (Wildman–Crippen LogP) is 2.11. The first-order chi connectivity index (χ1) is 12.1. The van der Waals surface area contributed by atoms with Crippen LogP contribution >= 0.6 is 0 Å². The number of aryl methyl sites for hydroxylation is 1. The van der Waals surface area contributed by atoms with Crippen molar-refractivity contribution in [3.63, 3.8) is 0 Å². The van der Waals surface area contributed by atoms with Crippen LogP contribution in [-0.4, -0.2) is 37.0 Å². The third kappa shape index (κ3) is 4.66. The third-order valence-electron chi connectivity index (χ3n) is 3.65. The molecular formula is C17H21N7O. The number of aromatic amines is 1. The minimum absolute atomic E-state index is 0.0464. The number of carbonyl (C=O) groups is 1. The van der Waals surface area contributed by atoms with Gasteiger partial charge in [0.2, 0.25) is 0 Å². The highest BCUT2D eigenvalue weighted by Crippen LogP contribution is 2.09. The van der Waals surface area contributed by atoms with Crippen LogP contribution < -0.4 is 10.6 Å². The van der Waals surface area contributed by atoms with E-state index in [4.69, 9.17) is 0 Å². The van der Waals surface area contributed by atoms with Gasteiger partial charge < -0.3 is 5.32 Å². The SMILES string of the molecule is Cc1cc(C[C@H](C)NC(=O)Nc2ccnn2Cc2ccccn2)n[nH]1. The van der Waals surface area contributed by atoms with Crippen LogP contribution in [0.3, 0.4) is 0 Å². The number of nitrogens with zero attached hydrogens (tertiary/aromatic N) is 4. The van der Waals surface area contributed by atoms with Crippen LogP contribution in [0.15, 0.2) is 42.7 Å². The molecule has 8 heteroatoms. The van der Waals surface area contributed by atoms with Crippen LogP contribution in [0, 0.1) is 6.92 Å². The van der Waals surface area contributed by atoms with Crippen LogP contribution in [0.4, 0.5) is 10.6 Å². The number of anilines is 1. The lowest BCUT2D eigenvalue weighted by molar-refractivity contribution is 0.249. The van der Waals surface area contributed by atoms with Gasteiger partial charge in [0.05, 0.1) is 24.1 Å². The molecule has 3 rings (SSSR count). The van der Waals surface area contributed by atoms with Crippen molar-refractivity contribution in [2.45, 2.75) is 32.9 Å². The van der Waals surface area contributed by atoms with E-state index in [1.807, 2.05) is 38.1 Å². The zero-order valence-electron chi connectivity index (χ0n) is 14.2. The average molecular weight is 339 g/mol. The normalized spacial score (nSPS) is 11.9. The minimum Gasteiger partial charge on any atom is -0.335 e. The fraction of sp³-hybridized carbons (Fsp3) is 0.294. The maximum atomic E-state index is 12.2. The number of pyridine rings is 1. The number of hydrogen-bond donors (Lipinski definition) is 3. The standard InChI is InChI=1S/C17H21N7O/c1-12(9-15-10-13(2)22-23-15)20-17(25)21-16-6-8-19-24(16)11-14-5-3-4-7-18-14/h3-8,10,12H,9,11H2,1-2H3,(H,22,23)(H2,20,21,25)/t12-/m0/s1. The van der Waals surface area contributed by atoms with E-state index in [0.717, 1.165) is 17.1 Å². The van der Waals surface area contributed by atoms with Crippen molar-refractivity contribution in [2.24, 2.45) is 0 Å². The van der Waals surface area contributed by atoms with Crippen LogP contribution in [-0.2, 0) is 13.0 Å². The molecule has 0 saturated heterocycles. The Morgan fingerprint density at radius 2 is 2.16 bits per heavy atom. The number of hydrogen-bond acceptors (Lipinski definition) is 4. The van der Waals surface area contributed by atoms with E-state index in [2.05, 4.69) is 30.9 Å². The summed E-state index contributed by atoms with van der Waals surface area (Å²) in [5, 5.41) is 17.0. The van der Waals surface area contributed by atoms with Crippen molar-refractivity contribution in [2.75, 3.05) is 5.32 Å². The van der Waals surface area contributed by atoms with E-state index in [-0.39, 0.29) is 12.1 Å². The van der Waals surface area contributed by atoms with Gasteiger partial charge in [0.15, 0.2) is 0 Å². The lowest BCUT2D eigenvalue weighted by Gasteiger charge is -2.14. The van der Waals surface area contributed by atoms with Crippen LogP contribution in [0.25, 0.3) is 0 Å². The van der Waals surface area contributed by atoms with E-state index in [1.165, 1.54) is 0 Å². The highest BCUT2D eigenvalue weighted by atomic mass is 16.2. The van der Waals surface area contributed by atoms with E-state index in [0.29, 0.717) is 18.8 Å². The Kier molecular flexibility index (Phi) is 5.08. The molecule has 25 heavy (non-hydrogen) atoms. The molecule has 0 unspecified atom stereocenters. The first-order valence-corrected chi connectivity index (χ1v) is 8.10. The highest BCUT2D eigenvalue weighted by Gasteiger charge is 2.12. The molecule has 0 bridgehead atoms. The van der Waals surface area contributed by atoms with Crippen molar-refractivity contribution in [1.29, 1.82) is 0 Å². The number of nitrogens with one attached hydrogen (secondary N) is 3. The fourth-order valence-electron chi connectivity index (χ4n) is 2.53. The van der Waals surface area contributed by atoms with Crippen LogP contribution in [0.1, 0.15) is 24.0 Å². The Bertz CT molecular complexity index is 824. The second kappa shape index (κ2) is 7.61. The summed E-state index contributed by atoms with van der Waals surface area (Å²) >= 11 is 0. The number of amides is 2. The summed E-state index contributed by atoms with van der Waals surface area (Å²) in [6.45, 7) is 4.38. The van der Waals surface area contributed by atoms with Crippen LogP contribution in [0.2, 0.25) is 0 Å². The molecule has 0 aromatic carbocycles. The van der Waals surface area contributed by atoms with Gasteiger partial charge in [-0.1, -0.05) is 6.07 Å². The fourth-order valence-corrected chi connectivity index (χ4v) is 2.53. The molecule has 0 fully saturated rings. The molecule has 0 aliphatic rings. The molecule has 130 valence electrons. The van der Waals surface area contributed by atoms with Gasteiger partial charge in [-0.25, -0.2) is 9.48 Å². The Hall–Kier alpha value is -3.16. The van der Waals surface area contributed by atoms with Gasteiger partial charge in [-0.05, 0) is 32.0 Å². The average Bonchev–Trinajstić information content (AvgIpc) is 3.17. The Morgan fingerprint density at radius 1 is 1.28 bits per heavy atom. The largest absolute Gasteiger partial charge is 0.335 e. The quantitative estimate of drug-likeness (QED) is 0.640. The molecule has 0 aliphatic heterocycles. The molecule has 3 aromatic heterocycles. The summed E-state index contributed by atoms with van der Waals surface area (Å²) in [7, 11) is 0. The molecule has 3 N–H and O–H groups in total. The van der Waals surface area contributed by atoms with Gasteiger partial charge in [-0.3, -0.25) is 15.4 Å². The predicted molar refractivity (Wildman–Crippen MR) is 94.2 cm³/mol. The van der Waals surface area contributed by atoms with Crippen molar-refractivity contribution < 1.29 is 4.79 Å².